The monoisotopic (exact) mass is 404 g/mol. The number of hydrazine groups is 1. The Morgan fingerprint density at radius 3 is 2.59 bits per heavy atom. The van der Waals surface area contributed by atoms with Crippen LogP contribution in [0.25, 0.3) is 11.3 Å². The molecule has 0 aliphatic carbocycles. The molecule has 0 atom stereocenters. The fourth-order valence-corrected chi connectivity index (χ4v) is 2.49. The summed E-state index contributed by atoms with van der Waals surface area (Å²) in [5.74, 6) is -0.840. The lowest BCUT2D eigenvalue weighted by Gasteiger charge is -2.09. The molecule has 0 fully saturated rings. The first kappa shape index (κ1) is 18.8. The third-order valence-corrected chi connectivity index (χ3v) is 4.01. The lowest BCUT2D eigenvalue weighted by Crippen LogP contribution is -2.44. The number of hydrogen-bond acceptors (Lipinski definition) is 4. The van der Waals surface area contributed by atoms with Crippen LogP contribution in [0.2, 0.25) is 10.0 Å². The van der Waals surface area contributed by atoms with E-state index in [0.717, 1.165) is 5.56 Å². The molecule has 0 bridgehead atoms. The summed E-state index contributed by atoms with van der Waals surface area (Å²) in [7, 11) is 0. The van der Waals surface area contributed by atoms with Gasteiger partial charge in [-0.15, -0.1) is 0 Å². The quantitative estimate of drug-likeness (QED) is 0.568. The van der Waals surface area contributed by atoms with Crippen molar-refractivity contribution in [3.63, 3.8) is 0 Å². The fraction of sp³-hybridized carbons (Fsp3) is 0.0556. The second-order valence-electron chi connectivity index (χ2n) is 5.40. The van der Waals surface area contributed by atoms with Crippen LogP contribution in [0.4, 0.5) is 0 Å². The number of carbonyl (C=O) groups is 2. The molecule has 3 aromatic rings. The van der Waals surface area contributed by atoms with E-state index in [0.29, 0.717) is 15.7 Å². The molecule has 3 rings (SSSR count). The summed E-state index contributed by atoms with van der Waals surface area (Å²) < 4.78 is 5.28. The molecular weight excluding hydrogens is 391 g/mol. The van der Waals surface area contributed by atoms with Crippen molar-refractivity contribution < 1.29 is 14.3 Å². The van der Waals surface area contributed by atoms with Gasteiger partial charge in [-0.2, -0.15) is 5.10 Å². The zero-order valence-electron chi connectivity index (χ0n) is 13.8. The molecule has 0 radical (unpaired) electrons. The average Bonchev–Trinajstić information content (AvgIpc) is 3.18. The Hall–Kier alpha value is -3.03. The van der Waals surface area contributed by atoms with Gasteiger partial charge in [0.1, 0.15) is 11.4 Å². The van der Waals surface area contributed by atoms with Crippen molar-refractivity contribution in [3.8, 4) is 17.0 Å². The van der Waals surface area contributed by atoms with Gasteiger partial charge < -0.3 is 4.74 Å². The summed E-state index contributed by atoms with van der Waals surface area (Å²) in [5.41, 5.74) is 6.21. The van der Waals surface area contributed by atoms with E-state index in [1.165, 1.54) is 6.07 Å². The van der Waals surface area contributed by atoms with Gasteiger partial charge in [0.2, 0.25) is 0 Å². The van der Waals surface area contributed by atoms with Crippen LogP contribution in [0, 0.1) is 0 Å². The SMILES string of the molecule is O=C(COc1cc(Cl)ccc1Cl)NNC(=O)c1cc(-c2ccccc2)n[nH]1. The molecular formula is C18H14Cl2N4O3. The maximum atomic E-state index is 12.1. The number of nitrogens with one attached hydrogen (secondary N) is 3. The molecule has 138 valence electrons. The number of ether oxygens (including phenoxy) is 1. The second kappa shape index (κ2) is 8.57. The van der Waals surface area contributed by atoms with Crippen LogP contribution >= 0.6 is 23.2 Å². The molecule has 7 nitrogen and oxygen atoms in total. The van der Waals surface area contributed by atoms with Crippen molar-refractivity contribution in [1.82, 2.24) is 21.0 Å². The van der Waals surface area contributed by atoms with E-state index in [1.807, 2.05) is 30.3 Å². The molecule has 2 aromatic carbocycles. The number of nitrogens with zero attached hydrogens (tertiary/aromatic N) is 1. The minimum Gasteiger partial charge on any atom is -0.482 e. The molecule has 0 aliphatic rings. The molecule has 0 unspecified atom stereocenters. The normalized spacial score (nSPS) is 10.3. The molecule has 9 heteroatoms. The predicted octanol–water partition coefficient (Wildman–Crippen LogP) is 3.22. The van der Waals surface area contributed by atoms with Gasteiger partial charge >= 0.3 is 0 Å². The van der Waals surface area contributed by atoms with E-state index < -0.39 is 11.8 Å². The first-order valence-electron chi connectivity index (χ1n) is 7.81. The second-order valence-corrected chi connectivity index (χ2v) is 6.24. The summed E-state index contributed by atoms with van der Waals surface area (Å²) >= 11 is 11.8. The lowest BCUT2D eigenvalue weighted by molar-refractivity contribution is -0.123. The van der Waals surface area contributed by atoms with Gasteiger partial charge in [-0.3, -0.25) is 25.5 Å². The summed E-state index contributed by atoms with van der Waals surface area (Å²) in [4.78, 5) is 23.9. The highest BCUT2D eigenvalue weighted by Crippen LogP contribution is 2.27. The zero-order valence-corrected chi connectivity index (χ0v) is 15.3. The molecule has 0 saturated heterocycles. The van der Waals surface area contributed by atoms with E-state index in [9.17, 15) is 9.59 Å². The highest BCUT2D eigenvalue weighted by atomic mass is 35.5. The zero-order chi connectivity index (χ0) is 19.2. The van der Waals surface area contributed by atoms with Crippen molar-refractivity contribution in [2.75, 3.05) is 6.61 Å². The summed E-state index contributed by atoms with van der Waals surface area (Å²) in [6.45, 7) is -0.349. The highest BCUT2D eigenvalue weighted by molar-refractivity contribution is 6.34. The number of aromatic amines is 1. The Morgan fingerprint density at radius 1 is 1.04 bits per heavy atom. The van der Waals surface area contributed by atoms with Crippen molar-refractivity contribution in [3.05, 3.63) is 70.3 Å². The number of halogens is 2. The summed E-state index contributed by atoms with van der Waals surface area (Å²) in [6.07, 6.45) is 0. The number of carbonyl (C=O) groups excluding carboxylic acids is 2. The summed E-state index contributed by atoms with van der Waals surface area (Å²) in [6, 6.07) is 15.6. The molecule has 1 heterocycles. The number of amides is 2. The van der Waals surface area contributed by atoms with E-state index in [-0.39, 0.29) is 18.1 Å². The predicted molar refractivity (Wildman–Crippen MR) is 102 cm³/mol. The number of hydrogen-bond donors (Lipinski definition) is 3. The standard InChI is InChI=1S/C18H14Cl2N4O3/c19-12-6-7-13(20)16(8-12)27-10-17(25)23-24-18(26)15-9-14(21-22-15)11-4-2-1-3-5-11/h1-9H,10H2,(H,21,22)(H,23,25)(H,24,26). The van der Waals surface area contributed by atoms with Crippen LogP contribution in [0.15, 0.2) is 54.6 Å². The molecule has 0 saturated carbocycles. The highest BCUT2D eigenvalue weighted by Gasteiger charge is 2.12. The van der Waals surface area contributed by atoms with Gasteiger partial charge in [0.25, 0.3) is 11.8 Å². The number of benzene rings is 2. The maximum absolute atomic E-state index is 12.1. The maximum Gasteiger partial charge on any atom is 0.287 e. The van der Waals surface area contributed by atoms with Crippen molar-refractivity contribution in [2.45, 2.75) is 0 Å². The van der Waals surface area contributed by atoms with E-state index in [2.05, 4.69) is 21.0 Å². The molecule has 27 heavy (non-hydrogen) atoms. The van der Waals surface area contributed by atoms with Crippen molar-refractivity contribution in [2.24, 2.45) is 0 Å². The largest absolute Gasteiger partial charge is 0.482 e. The Bertz CT molecular complexity index is 960. The van der Waals surface area contributed by atoms with Crippen LogP contribution in [0.1, 0.15) is 10.5 Å². The Labute approximate surface area is 164 Å². The van der Waals surface area contributed by atoms with Gasteiger partial charge in [-0.25, -0.2) is 0 Å². The van der Waals surface area contributed by atoms with Gasteiger partial charge in [-0.1, -0.05) is 53.5 Å². The molecule has 3 N–H and O–H groups in total. The topological polar surface area (TPSA) is 96.1 Å². The third-order valence-electron chi connectivity index (χ3n) is 3.46. The van der Waals surface area contributed by atoms with Crippen LogP contribution in [0.5, 0.6) is 5.75 Å². The Balaban J connectivity index is 1.51. The van der Waals surface area contributed by atoms with Crippen molar-refractivity contribution >= 4 is 35.0 Å². The lowest BCUT2D eigenvalue weighted by atomic mass is 10.1. The third kappa shape index (κ3) is 4.99. The van der Waals surface area contributed by atoms with E-state index in [4.69, 9.17) is 27.9 Å². The molecule has 0 aliphatic heterocycles. The van der Waals surface area contributed by atoms with Gasteiger partial charge in [0, 0.05) is 16.7 Å². The number of rotatable bonds is 5. The van der Waals surface area contributed by atoms with Gasteiger partial charge in [-0.05, 0) is 18.2 Å². The Morgan fingerprint density at radius 2 is 1.81 bits per heavy atom. The Kier molecular flexibility index (Phi) is 5.95. The van der Waals surface area contributed by atoms with E-state index in [1.54, 1.807) is 18.2 Å². The minimum absolute atomic E-state index is 0.202. The summed E-state index contributed by atoms with van der Waals surface area (Å²) in [5, 5.41) is 7.45. The van der Waals surface area contributed by atoms with Crippen LogP contribution < -0.4 is 15.6 Å². The first-order valence-corrected chi connectivity index (χ1v) is 8.56. The number of aromatic nitrogens is 2. The van der Waals surface area contributed by atoms with Crippen LogP contribution in [-0.4, -0.2) is 28.6 Å². The van der Waals surface area contributed by atoms with Gasteiger partial charge in [0.05, 0.1) is 10.7 Å². The average molecular weight is 405 g/mol. The molecule has 2 amide bonds. The fourth-order valence-electron chi connectivity index (χ4n) is 2.16. The van der Waals surface area contributed by atoms with Crippen LogP contribution in [0.3, 0.4) is 0 Å². The smallest absolute Gasteiger partial charge is 0.287 e. The van der Waals surface area contributed by atoms with Gasteiger partial charge in [0.15, 0.2) is 6.61 Å². The minimum atomic E-state index is -0.567. The molecule has 1 aromatic heterocycles. The first-order chi connectivity index (χ1) is 13.0. The van der Waals surface area contributed by atoms with Crippen LogP contribution in [-0.2, 0) is 4.79 Å². The van der Waals surface area contributed by atoms with Crippen molar-refractivity contribution in [1.29, 1.82) is 0 Å². The number of H-pyrrole nitrogens is 1. The molecule has 0 spiro atoms. The van der Waals surface area contributed by atoms with E-state index >= 15 is 0 Å².